The van der Waals surface area contributed by atoms with Crippen molar-refractivity contribution in [1.82, 2.24) is 24.3 Å². The minimum Gasteiger partial charge on any atom is -0.302 e. The molecule has 0 bridgehead atoms. The van der Waals surface area contributed by atoms with Crippen LogP contribution in [0.5, 0.6) is 0 Å². The molecule has 0 aliphatic rings. The van der Waals surface area contributed by atoms with Crippen molar-refractivity contribution in [3.63, 3.8) is 0 Å². The number of hydrogen-bond acceptors (Lipinski definition) is 4. The van der Waals surface area contributed by atoms with Gasteiger partial charge in [0.05, 0.1) is 11.6 Å². The molecule has 4 rings (SSSR count). The van der Waals surface area contributed by atoms with Crippen LogP contribution in [0.2, 0.25) is 0 Å². The van der Waals surface area contributed by atoms with Gasteiger partial charge in [-0.2, -0.15) is 9.78 Å². The van der Waals surface area contributed by atoms with E-state index >= 15 is 0 Å². The second-order valence-electron chi connectivity index (χ2n) is 6.04. The Labute approximate surface area is 144 Å². The lowest BCUT2D eigenvalue weighted by molar-refractivity contribution is 0.794. The van der Waals surface area contributed by atoms with E-state index in [1.54, 1.807) is 18.5 Å². The van der Waals surface area contributed by atoms with Crippen molar-refractivity contribution in [3.8, 4) is 11.6 Å². The van der Waals surface area contributed by atoms with E-state index < -0.39 is 0 Å². The number of aryl methyl sites for hydroxylation is 3. The smallest absolute Gasteiger partial charge is 0.282 e. The van der Waals surface area contributed by atoms with E-state index in [0.717, 1.165) is 28.2 Å². The van der Waals surface area contributed by atoms with Crippen LogP contribution in [0.25, 0.3) is 22.4 Å². The summed E-state index contributed by atoms with van der Waals surface area (Å²) in [6.07, 6.45) is 5.19. The topological polar surface area (TPSA) is 65.6 Å². The van der Waals surface area contributed by atoms with Gasteiger partial charge in [-0.3, -0.25) is 4.79 Å². The number of aromatic nitrogens is 5. The first-order chi connectivity index (χ1) is 12.1. The van der Waals surface area contributed by atoms with Gasteiger partial charge in [0.15, 0.2) is 5.82 Å². The van der Waals surface area contributed by atoms with Crippen molar-refractivity contribution in [3.05, 3.63) is 76.2 Å². The summed E-state index contributed by atoms with van der Waals surface area (Å²) in [7, 11) is 0. The van der Waals surface area contributed by atoms with Gasteiger partial charge in [-0.1, -0.05) is 12.1 Å². The quantitative estimate of drug-likeness (QED) is 0.566. The van der Waals surface area contributed by atoms with Crippen LogP contribution in [0.15, 0.2) is 53.7 Å². The van der Waals surface area contributed by atoms with Crippen LogP contribution in [-0.4, -0.2) is 24.3 Å². The lowest BCUT2D eigenvalue weighted by Crippen LogP contribution is -2.21. The SMILES string of the molecule is Cc1ccc(-n2c(C)c3cnn(-c4ccccn4)c(=O)c3c2C)nc1. The van der Waals surface area contributed by atoms with E-state index in [2.05, 4.69) is 15.1 Å². The third-order valence-corrected chi connectivity index (χ3v) is 4.39. The molecule has 0 aliphatic carbocycles. The van der Waals surface area contributed by atoms with Crippen LogP contribution in [0.3, 0.4) is 0 Å². The van der Waals surface area contributed by atoms with E-state index in [0.29, 0.717) is 11.2 Å². The monoisotopic (exact) mass is 331 g/mol. The zero-order chi connectivity index (χ0) is 17.6. The summed E-state index contributed by atoms with van der Waals surface area (Å²) in [4.78, 5) is 21.7. The maximum absolute atomic E-state index is 13.0. The Bertz CT molecular complexity index is 1120. The van der Waals surface area contributed by atoms with Crippen molar-refractivity contribution >= 4 is 10.8 Å². The minimum atomic E-state index is -0.178. The lowest BCUT2D eigenvalue weighted by atomic mass is 10.2. The molecule has 4 heterocycles. The van der Waals surface area contributed by atoms with Crippen LogP contribution in [0, 0.1) is 20.8 Å². The van der Waals surface area contributed by atoms with Crippen molar-refractivity contribution in [2.24, 2.45) is 0 Å². The molecule has 0 atom stereocenters. The van der Waals surface area contributed by atoms with Gasteiger partial charge >= 0.3 is 0 Å². The molecule has 0 aromatic carbocycles. The average Bonchev–Trinajstić information content (AvgIpc) is 2.88. The molecule has 0 amide bonds. The third-order valence-electron chi connectivity index (χ3n) is 4.39. The molecule has 0 N–H and O–H groups in total. The molecule has 0 unspecified atom stereocenters. The highest BCUT2D eigenvalue weighted by atomic mass is 16.1. The molecule has 25 heavy (non-hydrogen) atoms. The number of pyridine rings is 2. The predicted molar refractivity (Wildman–Crippen MR) is 96.5 cm³/mol. The third kappa shape index (κ3) is 2.34. The summed E-state index contributed by atoms with van der Waals surface area (Å²) >= 11 is 0. The zero-order valence-electron chi connectivity index (χ0n) is 14.3. The van der Waals surface area contributed by atoms with Crippen LogP contribution in [0.4, 0.5) is 0 Å². The Morgan fingerprint density at radius 1 is 0.880 bits per heavy atom. The summed E-state index contributed by atoms with van der Waals surface area (Å²) in [6.45, 7) is 5.90. The fourth-order valence-corrected chi connectivity index (χ4v) is 3.14. The summed E-state index contributed by atoms with van der Waals surface area (Å²) < 4.78 is 3.33. The van der Waals surface area contributed by atoms with Gasteiger partial charge in [0.2, 0.25) is 0 Å². The molecule has 4 aromatic rings. The predicted octanol–water partition coefficient (Wildman–Crippen LogP) is 2.89. The van der Waals surface area contributed by atoms with Crippen LogP contribution in [-0.2, 0) is 0 Å². The Morgan fingerprint density at radius 3 is 2.40 bits per heavy atom. The summed E-state index contributed by atoms with van der Waals surface area (Å²) in [5.41, 5.74) is 2.71. The second kappa shape index (κ2) is 5.66. The standard InChI is InChI=1S/C19H17N5O/c1-12-7-8-16(21-10-12)23-13(2)15-11-22-24(17-6-4-5-9-20-17)19(25)18(15)14(23)3/h4-11H,1-3H3. The van der Waals surface area contributed by atoms with Crippen molar-refractivity contribution in [2.45, 2.75) is 20.8 Å². The first-order valence-corrected chi connectivity index (χ1v) is 8.02. The van der Waals surface area contributed by atoms with E-state index in [9.17, 15) is 4.79 Å². The Hall–Kier alpha value is -3.28. The highest BCUT2D eigenvalue weighted by Gasteiger charge is 2.18. The number of fused-ring (bicyclic) bond motifs is 1. The van der Waals surface area contributed by atoms with Crippen LogP contribution < -0.4 is 5.56 Å². The van der Waals surface area contributed by atoms with Crippen LogP contribution >= 0.6 is 0 Å². The van der Waals surface area contributed by atoms with E-state index in [-0.39, 0.29) is 5.56 Å². The fourth-order valence-electron chi connectivity index (χ4n) is 3.14. The molecule has 0 radical (unpaired) electrons. The molecule has 6 heteroatoms. The summed E-state index contributed by atoms with van der Waals surface area (Å²) in [5, 5.41) is 5.78. The molecule has 0 saturated heterocycles. The molecule has 6 nitrogen and oxygen atoms in total. The van der Waals surface area contributed by atoms with E-state index in [4.69, 9.17) is 0 Å². The van der Waals surface area contributed by atoms with Gasteiger partial charge in [0, 0.05) is 29.2 Å². The lowest BCUT2D eigenvalue weighted by Gasteiger charge is -2.08. The largest absolute Gasteiger partial charge is 0.302 e. The summed E-state index contributed by atoms with van der Waals surface area (Å²) in [6, 6.07) is 9.37. The van der Waals surface area contributed by atoms with Crippen LogP contribution in [0.1, 0.15) is 17.0 Å². The highest BCUT2D eigenvalue weighted by molar-refractivity contribution is 5.87. The Morgan fingerprint density at radius 2 is 1.72 bits per heavy atom. The van der Waals surface area contributed by atoms with Crippen molar-refractivity contribution in [1.29, 1.82) is 0 Å². The molecule has 0 fully saturated rings. The van der Waals surface area contributed by atoms with Gasteiger partial charge in [0.1, 0.15) is 5.82 Å². The molecule has 124 valence electrons. The normalized spacial score (nSPS) is 11.2. The fraction of sp³-hybridized carbons (Fsp3) is 0.158. The molecular formula is C19H17N5O. The van der Waals surface area contributed by atoms with E-state index in [1.807, 2.05) is 55.8 Å². The van der Waals surface area contributed by atoms with Gasteiger partial charge < -0.3 is 4.57 Å². The van der Waals surface area contributed by atoms with Gasteiger partial charge in [0.25, 0.3) is 5.56 Å². The van der Waals surface area contributed by atoms with Gasteiger partial charge in [-0.15, -0.1) is 0 Å². The highest BCUT2D eigenvalue weighted by Crippen LogP contribution is 2.25. The second-order valence-corrected chi connectivity index (χ2v) is 6.04. The number of rotatable bonds is 2. The molecule has 0 spiro atoms. The first kappa shape index (κ1) is 15.3. The van der Waals surface area contributed by atoms with Crippen molar-refractivity contribution in [2.75, 3.05) is 0 Å². The summed E-state index contributed by atoms with van der Waals surface area (Å²) in [5.74, 6) is 1.30. The minimum absolute atomic E-state index is 0.178. The average molecular weight is 331 g/mol. The number of hydrogen-bond donors (Lipinski definition) is 0. The Kier molecular flexibility index (Phi) is 3.46. The molecule has 0 aliphatic heterocycles. The molecular weight excluding hydrogens is 314 g/mol. The Balaban J connectivity index is 2.01. The first-order valence-electron chi connectivity index (χ1n) is 8.02. The van der Waals surface area contributed by atoms with Gasteiger partial charge in [-0.25, -0.2) is 9.97 Å². The van der Waals surface area contributed by atoms with E-state index in [1.165, 1.54) is 4.68 Å². The zero-order valence-corrected chi connectivity index (χ0v) is 14.3. The molecule has 0 saturated carbocycles. The number of nitrogens with zero attached hydrogens (tertiary/aromatic N) is 5. The maximum atomic E-state index is 13.0. The van der Waals surface area contributed by atoms with Crippen molar-refractivity contribution < 1.29 is 0 Å². The van der Waals surface area contributed by atoms with Gasteiger partial charge in [-0.05, 0) is 44.5 Å². The maximum Gasteiger partial charge on any atom is 0.282 e. The molecule has 4 aromatic heterocycles.